The van der Waals surface area contributed by atoms with Gasteiger partial charge in [-0.1, -0.05) is 47.1 Å². The molecule has 1 heterocycles. The normalized spacial score (nSPS) is 17.2. The molecule has 0 aromatic heterocycles. The van der Waals surface area contributed by atoms with E-state index < -0.39 is 23.7 Å². The summed E-state index contributed by atoms with van der Waals surface area (Å²) in [5.74, 6) is -4.06. The zero-order valence-corrected chi connectivity index (χ0v) is 22.0. The van der Waals surface area contributed by atoms with E-state index in [1.165, 1.54) is 12.1 Å². The number of nitrogens with one attached hydrogen (secondary N) is 2. The number of nitriles is 1. The van der Waals surface area contributed by atoms with Crippen LogP contribution in [0.25, 0.3) is 0 Å². The van der Waals surface area contributed by atoms with Crippen LogP contribution in [0.2, 0.25) is 10.0 Å². The van der Waals surface area contributed by atoms with E-state index in [4.69, 9.17) is 32.7 Å². The second-order valence-corrected chi connectivity index (χ2v) is 9.58. The van der Waals surface area contributed by atoms with Gasteiger partial charge in [-0.05, 0) is 49.2 Å². The number of carbonyl (C=O) groups is 3. The number of ether oxygens (including phenoxy) is 2. The van der Waals surface area contributed by atoms with Crippen molar-refractivity contribution in [3.63, 3.8) is 0 Å². The molecule has 0 saturated carbocycles. The molecule has 0 aliphatic carbocycles. The summed E-state index contributed by atoms with van der Waals surface area (Å²) in [7, 11) is 1.15. The van der Waals surface area contributed by atoms with Crippen LogP contribution in [-0.2, 0) is 19.1 Å². The molecule has 0 bridgehead atoms. The van der Waals surface area contributed by atoms with Crippen molar-refractivity contribution in [2.45, 2.75) is 19.8 Å². The average molecular weight is 548 g/mol. The van der Waals surface area contributed by atoms with Gasteiger partial charge in [-0.3, -0.25) is 14.4 Å². The summed E-state index contributed by atoms with van der Waals surface area (Å²) < 4.78 is 10.3. The summed E-state index contributed by atoms with van der Waals surface area (Å²) in [5, 5.41) is 15.9. The molecule has 2 amide bonds. The molecule has 2 aromatic rings. The van der Waals surface area contributed by atoms with Crippen LogP contribution in [0.1, 0.15) is 24.0 Å². The van der Waals surface area contributed by atoms with Gasteiger partial charge in [0.2, 0.25) is 11.8 Å². The first-order chi connectivity index (χ1) is 17.2. The van der Waals surface area contributed by atoms with E-state index in [1.807, 2.05) is 25.1 Å². The third-order valence-electron chi connectivity index (χ3n) is 5.30. The van der Waals surface area contributed by atoms with Gasteiger partial charge in [0.25, 0.3) is 0 Å². The summed E-state index contributed by atoms with van der Waals surface area (Å²) in [6, 6.07) is 12.4. The Labute approximate surface area is 222 Å². The number of carbonyl (C=O) groups excluding carboxylic acids is 3. The van der Waals surface area contributed by atoms with E-state index in [0.717, 1.165) is 24.4 Å². The lowest BCUT2D eigenvalue weighted by molar-refractivity contribution is -0.150. The molecular weight excluding hydrogens is 525 g/mol. The Morgan fingerprint density at radius 3 is 2.50 bits per heavy atom. The van der Waals surface area contributed by atoms with E-state index in [2.05, 4.69) is 16.7 Å². The van der Waals surface area contributed by atoms with E-state index >= 15 is 0 Å². The van der Waals surface area contributed by atoms with Gasteiger partial charge < -0.3 is 20.1 Å². The largest absolute Gasteiger partial charge is 0.491 e. The van der Waals surface area contributed by atoms with Gasteiger partial charge in [0.15, 0.2) is 5.75 Å². The second-order valence-electron chi connectivity index (χ2n) is 7.78. The van der Waals surface area contributed by atoms with Gasteiger partial charge >= 0.3 is 5.97 Å². The SMILES string of the molecule is CCOc1c(Cl)cc([C@@H]2C(C#N)=C(SCC(=O)Nc3cccc(C)c3)NC(=O)[C@H]2C(=O)OC)cc1Cl. The Balaban J connectivity index is 1.97. The fourth-order valence-corrected chi connectivity index (χ4v) is 5.24. The number of thioether (sulfide) groups is 1. The van der Waals surface area contributed by atoms with Crippen molar-refractivity contribution in [3.05, 3.63) is 68.2 Å². The highest BCUT2D eigenvalue weighted by atomic mass is 35.5. The minimum Gasteiger partial charge on any atom is -0.491 e. The lowest BCUT2D eigenvalue weighted by Gasteiger charge is -2.31. The third-order valence-corrected chi connectivity index (χ3v) is 6.88. The molecule has 0 spiro atoms. The number of nitrogens with zero attached hydrogens (tertiary/aromatic N) is 1. The van der Waals surface area contributed by atoms with Crippen molar-refractivity contribution in [1.29, 1.82) is 5.26 Å². The molecule has 1 aliphatic rings. The molecule has 3 rings (SSSR count). The monoisotopic (exact) mass is 547 g/mol. The number of halogens is 2. The summed E-state index contributed by atoms with van der Waals surface area (Å²) >= 11 is 13.7. The fourth-order valence-electron chi connectivity index (χ4n) is 3.78. The number of esters is 1. The van der Waals surface area contributed by atoms with Crippen LogP contribution in [0.15, 0.2) is 47.0 Å². The lowest BCUT2D eigenvalue weighted by Crippen LogP contribution is -2.44. The van der Waals surface area contributed by atoms with E-state index in [1.54, 1.807) is 13.0 Å². The summed E-state index contributed by atoms with van der Waals surface area (Å²) in [5.41, 5.74) is 2.05. The first kappa shape index (κ1) is 27.4. The number of hydrogen-bond acceptors (Lipinski definition) is 7. The molecule has 2 N–H and O–H groups in total. The summed E-state index contributed by atoms with van der Waals surface area (Å²) in [6.45, 7) is 4.00. The maximum absolute atomic E-state index is 13.0. The Bertz CT molecular complexity index is 1250. The van der Waals surface area contributed by atoms with Crippen LogP contribution in [0.4, 0.5) is 5.69 Å². The molecular formula is C25H23Cl2N3O5S. The number of anilines is 1. The molecule has 11 heteroatoms. The Hall–Kier alpha value is -3.19. The van der Waals surface area contributed by atoms with Crippen LogP contribution in [0.5, 0.6) is 5.75 Å². The van der Waals surface area contributed by atoms with Crippen molar-refractivity contribution in [2.24, 2.45) is 5.92 Å². The summed E-state index contributed by atoms with van der Waals surface area (Å²) in [6.07, 6.45) is 0. The van der Waals surface area contributed by atoms with Crippen molar-refractivity contribution < 1.29 is 23.9 Å². The van der Waals surface area contributed by atoms with Gasteiger partial charge in [0, 0.05) is 11.6 Å². The molecule has 0 fully saturated rings. The molecule has 188 valence electrons. The quantitative estimate of drug-likeness (QED) is 0.359. The van der Waals surface area contributed by atoms with E-state index in [9.17, 15) is 19.6 Å². The van der Waals surface area contributed by atoms with Crippen molar-refractivity contribution in [2.75, 3.05) is 24.8 Å². The highest BCUT2D eigenvalue weighted by Crippen LogP contribution is 2.44. The van der Waals surface area contributed by atoms with Gasteiger partial charge in [-0.2, -0.15) is 5.26 Å². The van der Waals surface area contributed by atoms with Gasteiger partial charge in [0.1, 0.15) is 5.92 Å². The first-order valence-corrected chi connectivity index (χ1v) is 12.6. The van der Waals surface area contributed by atoms with E-state index in [0.29, 0.717) is 17.9 Å². The van der Waals surface area contributed by atoms with Gasteiger partial charge in [-0.25, -0.2) is 0 Å². The van der Waals surface area contributed by atoms with E-state index in [-0.39, 0.29) is 38.1 Å². The molecule has 0 unspecified atom stereocenters. The molecule has 2 atom stereocenters. The average Bonchev–Trinajstić information content (AvgIpc) is 2.83. The predicted molar refractivity (Wildman–Crippen MR) is 139 cm³/mol. The topological polar surface area (TPSA) is 118 Å². The number of allylic oxidation sites excluding steroid dienone is 1. The molecule has 36 heavy (non-hydrogen) atoms. The zero-order valence-electron chi connectivity index (χ0n) is 19.7. The number of benzene rings is 2. The van der Waals surface area contributed by atoms with Gasteiger partial charge in [-0.15, -0.1) is 0 Å². The summed E-state index contributed by atoms with van der Waals surface area (Å²) in [4.78, 5) is 38.1. The third kappa shape index (κ3) is 6.13. The number of amides is 2. The minimum atomic E-state index is -1.36. The fraction of sp³-hybridized carbons (Fsp3) is 0.280. The standard InChI is InChI=1S/C25H23Cl2N3O5S/c1-4-35-22-17(26)9-14(10-18(22)27)20-16(11-28)24(30-23(32)21(20)25(33)34-3)36-12-19(31)29-15-7-5-6-13(2)8-15/h5-10,20-21H,4,12H2,1-3H3,(H,29,31)(H,30,32)/t20-,21+/m1/s1. The lowest BCUT2D eigenvalue weighted by atomic mass is 9.78. The molecule has 2 aromatic carbocycles. The molecule has 8 nitrogen and oxygen atoms in total. The maximum Gasteiger partial charge on any atom is 0.319 e. The predicted octanol–water partition coefficient (Wildman–Crippen LogP) is 4.81. The zero-order chi connectivity index (χ0) is 26.4. The van der Waals surface area contributed by atoms with Crippen molar-refractivity contribution in [3.8, 4) is 11.8 Å². The Morgan fingerprint density at radius 1 is 1.22 bits per heavy atom. The molecule has 1 aliphatic heterocycles. The Morgan fingerprint density at radius 2 is 1.92 bits per heavy atom. The number of rotatable bonds is 8. The van der Waals surface area contributed by atoms with Crippen LogP contribution in [0.3, 0.4) is 0 Å². The number of methoxy groups -OCH3 is 1. The molecule has 0 saturated heterocycles. The highest BCUT2D eigenvalue weighted by Gasteiger charge is 2.44. The van der Waals surface area contributed by atoms with Crippen LogP contribution in [0, 0.1) is 24.2 Å². The van der Waals surface area contributed by atoms with Crippen molar-refractivity contribution in [1.82, 2.24) is 5.32 Å². The highest BCUT2D eigenvalue weighted by molar-refractivity contribution is 8.03. The number of aryl methyl sites for hydroxylation is 1. The smallest absolute Gasteiger partial charge is 0.319 e. The second kappa shape index (κ2) is 12.2. The van der Waals surface area contributed by atoms with Crippen molar-refractivity contribution >= 4 is 58.4 Å². The van der Waals surface area contributed by atoms with Crippen LogP contribution in [-0.4, -0.2) is 37.3 Å². The molecule has 0 radical (unpaired) electrons. The first-order valence-electron chi connectivity index (χ1n) is 10.8. The maximum atomic E-state index is 13.0. The van der Waals surface area contributed by atoms with Gasteiger partial charge in [0.05, 0.1) is 46.2 Å². The minimum absolute atomic E-state index is 0.0784. The van der Waals surface area contributed by atoms with Crippen LogP contribution >= 0.6 is 35.0 Å². The van der Waals surface area contributed by atoms with Crippen LogP contribution < -0.4 is 15.4 Å². The number of hydrogen-bond donors (Lipinski definition) is 2. The Kier molecular flexibility index (Phi) is 9.26.